The molecule has 2 unspecified atom stereocenters. The summed E-state index contributed by atoms with van der Waals surface area (Å²) in [6.07, 6.45) is -0.334. The first-order chi connectivity index (χ1) is 9.49. The Morgan fingerprint density at radius 1 is 1.20 bits per heavy atom. The van der Waals surface area contributed by atoms with Gasteiger partial charge in [-0.1, -0.05) is 35.9 Å². The Bertz CT molecular complexity index is 601. The van der Waals surface area contributed by atoms with Crippen molar-refractivity contribution in [1.29, 1.82) is 0 Å². The molecule has 0 bridgehead atoms. The molecule has 106 valence electrons. The monoisotopic (exact) mass is 293 g/mol. The summed E-state index contributed by atoms with van der Waals surface area (Å²) in [5.41, 5.74) is 8.12. The lowest BCUT2D eigenvalue weighted by atomic mass is 9.99. The van der Waals surface area contributed by atoms with E-state index in [1.807, 2.05) is 38.1 Å². The van der Waals surface area contributed by atoms with Gasteiger partial charge in [0.15, 0.2) is 0 Å². The van der Waals surface area contributed by atoms with E-state index in [2.05, 4.69) is 0 Å². The van der Waals surface area contributed by atoms with Crippen LogP contribution >= 0.6 is 11.6 Å². The summed E-state index contributed by atoms with van der Waals surface area (Å²) in [5.74, 6) is 0.0363. The lowest BCUT2D eigenvalue weighted by molar-refractivity contribution is 0.179. The molecule has 2 atom stereocenters. The number of rotatable bonds is 4. The van der Waals surface area contributed by atoms with Gasteiger partial charge in [0.25, 0.3) is 0 Å². The van der Waals surface area contributed by atoms with Gasteiger partial charge in [0.1, 0.15) is 17.7 Å². The highest BCUT2D eigenvalue weighted by Gasteiger charge is 2.21. The van der Waals surface area contributed by atoms with Gasteiger partial charge >= 0.3 is 0 Å². The number of hydrogen-bond acceptors (Lipinski definition) is 2. The average Bonchev–Trinajstić information content (AvgIpc) is 2.39. The number of halogens is 2. The molecule has 0 amide bonds. The van der Waals surface area contributed by atoms with Gasteiger partial charge in [0, 0.05) is 6.04 Å². The second-order valence-corrected chi connectivity index (χ2v) is 5.24. The SMILES string of the molecule is Cc1ccccc1C(Oc1ccc(F)cc1Cl)C(C)N. The fraction of sp³-hybridized carbons (Fsp3) is 0.250. The van der Waals surface area contributed by atoms with Crippen LogP contribution in [0.5, 0.6) is 5.75 Å². The summed E-state index contributed by atoms with van der Waals surface area (Å²) >= 11 is 6.00. The van der Waals surface area contributed by atoms with Gasteiger partial charge in [-0.15, -0.1) is 0 Å². The first-order valence-electron chi connectivity index (χ1n) is 6.42. The lowest BCUT2D eigenvalue weighted by Gasteiger charge is -2.25. The molecule has 0 radical (unpaired) electrons. The molecule has 0 aliphatic heterocycles. The summed E-state index contributed by atoms with van der Waals surface area (Å²) < 4.78 is 19.0. The Labute approximate surface area is 123 Å². The minimum Gasteiger partial charge on any atom is -0.483 e. The number of nitrogens with two attached hydrogens (primary N) is 1. The number of aryl methyl sites for hydroxylation is 1. The Morgan fingerprint density at radius 2 is 1.90 bits per heavy atom. The largest absolute Gasteiger partial charge is 0.483 e. The molecule has 0 fully saturated rings. The van der Waals surface area contributed by atoms with Crippen molar-refractivity contribution in [2.75, 3.05) is 0 Å². The van der Waals surface area contributed by atoms with Gasteiger partial charge in [0.05, 0.1) is 5.02 Å². The van der Waals surface area contributed by atoms with E-state index in [1.54, 1.807) is 0 Å². The predicted molar refractivity (Wildman–Crippen MR) is 79.6 cm³/mol. The van der Waals surface area contributed by atoms with Crippen LogP contribution in [0.25, 0.3) is 0 Å². The molecule has 0 aromatic heterocycles. The van der Waals surface area contributed by atoms with E-state index in [-0.39, 0.29) is 17.2 Å². The highest BCUT2D eigenvalue weighted by Crippen LogP contribution is 2.31. The van der Waals surface area contributed by atoms with E-state index in [0.29, 0.717) is 5.75 Å². The first-order valence-corrected chi connectivity index (χ1v) is 6.79. The fourth-order valence-electron chi connectivity index (χ4n) is 2.07. The maximum Gasteiger partial charge on any atom is 0.139 e. The van der Waals surface area contributed by atoms with Crippen molar-refractivity contribution >= 4 is 11.6 Å². The third-order valence-electron chi connectivity index (χ3n) is 3.12. The molecule has 2 rings (SSSR count). The molecule has 2 nitrogen and oxygen atoms in total. The van der Waals surface area contributed by atoms with Crippen molar-refractivity contribution in [3.8, 4) is 5.75 Å². The summed E-state index contributed by atoms with van der Waals surface area (Å²) in [4.78, 5) is 0. The van der Waals surface area contributed by atoms with Crippen LogP contribution in [-0.4, -0.2) is 6.04 Å². The van der Waals surface area contributed by atoms with Crippen LogP contribution in [0.3, 0.4) is 0 Å². The molecule has 0 saturated heterocycles. The maximum atomic E-state index is 13.1. The van der Waals surface area contributed by atoms with Crippen molar-refractivity contribution < 1.29 is 9.13 Å². The van der Waals surface area contributed by atoms with Gasteiger partial charge in [-0.05, 0) is 43.2 Å². The Balaban J connectivity index is 2.33. The zero-order valence-corrected chi connectivity index (χ0v) is 12.2. The van der Waals surface area contributed by atoms with Crippen LogP contribution in [-0.2, 0) is 0 Å². The van der Waals surface area contributed by atoms with Gasteiger partial charge in [-0.3, -0.25) is 0 Å². The van der Waals surface area contributed by atoms with E-state index < -0.39 is 5.82 Å². The summed E-state index contributed by atoms with van der Waals surface area (Å²) in [6.45, 7) is 3.87. The van der Waals surface area contributed by atoms with E-state index >= 15 is 0 Å². The van der Waals surface area contributed by atoms with E-state index in [1.165, 1.54) is 18.2 Å². The van der Waals surface area contributed by atoms with E-state index in [9.17, 15) is 4.39 Å². The van der Waals surface area contributed by atoms with Gasteiger partial charge in [-0.2, -0.15) is 0 Å². The van der Waals surface area contributed by atoms with Crippen LogP contribution in [0.1, 0.15) is 24.2 Å². The third-order valence-corrected chi connectivity index (χ3v) is 3.42. The predicted octanol–water partition coefficient (Wildman–Crippen LogP) is 4.25. The minimum absolute atomic E-state index is 0.225. The molecular weight excluding hydrogens is 277 g/mol. The van der Waals surface area contributed by atoms with Gasteiger partial charge in [-0.25, -0.2) is 4.39 Å². The second-order valence-electron chi connectivity index (χ2n) is 4.83. The number of hydrogen-bond donors (Lipinski definition) is 1. The summed E-state index contributed by atoms with van der Waals surface area (Å²) in [5, 5.41) is 0.240. The smallest absolute Gasteiger partial charge is 0.139 e. The molecule has 0 aliphatic rings. The molecule has 4 heteroatoms. The zero-order valence-electron chi connectivity index (χ0n) is 11.4. The number of ether oxygens (including phenoxy) is 1. The van der Waals surface area contributed by atoms with Crippen LogP contribution in [0.2, 0.25) is 5.02 Å². The molecule has 0 aliphatic carbocycles. The van der Waals surface area contributed by atoms with Gasteiger partial charge in [0.2, 0.25) is 0 Å². The van der Waals surface area contributed by atoms with Crippen molar-refractivity contribution in [3.63, 3.8) is 0 Å². The molecule has 20 heavy (non-hydrogen) atoms. The minimum atomic E-state index is -0.393. The lowest BCUT2D eigenvalue weighted by Crippen LogP contribution is -2.29. The molecule has 0 heterocycles. The van der Waals surface area contributed by atoms with Crippen LogP contribution in [0.4, 0.5) is 4.39 Å². The van der Waals surface area contributed by atoms with Crippen molar-refractivity contribution in [2.24, 2.45) is 5.73 Å². The first kappa shape index (κ1) is 14.8. The maximum absolute atomic E-state index is 13.1. The summed E-state index contributed by atoms with van der Waals surface area (Å²) in [7, 11) is 0. The molecular formula is C16H17ClFNO. The highest BCUT2D eigenvalue weighted by molar-refractivity contribution is 6.32. The van der Waals surface area contributed by atoms with Crippen LogP contribution < -0.4 is 10.5 Å². The van der Waals surface area contributed by atoms with Gasteiger partial charge < -0.3 is 10.5 Å². The number of benzene rings is 2. The molecule has 2 N–H and O–H groups in total. The Morgan fingerprint density at radius 3 is 2.50 bits per heavy atom. The molecule has 2 aromatic rings. The normalized spacial score (nSPS) is 13.8. The standard InChI is InChI=1S/C16H17ClFNO/c1-10-5-3-4-6-13(10)16(11(2)19)20-15-8-7-12(18)9-14(15)17/h3-9,11,16H,19H2,1-2H3. The summed E-state index contributed by atoms with van der Waals surface area (Å²) in [6, 6.07) is 11.7. The average molecular weight is 294 g/mol. The third kappa shape index (κ3) is 3.30. The molecule has 0 spiro atoms. The van der Waals surface area contributed by atoms with Crippen molar-refractivity contribution in [3.05, 3.63) is 64.4 Å². The Kier molecular flexibility index (Phi) is 4.63. The van der Waals surface area contributed by atoms with E-state index in [4.69, 9.17) is 22.1 Å². The van der Waals surface area contributed by atoms with Crippen molar-refractivity contribution in [1.82, 2.24) is 0 Å². The molecule has 2 aromatic carbocycles. The van der Waals surface area contributed by atoms with Crippen LogP contribution in [0.15, 0.2) is 42.5 Å². The quantitative estimate of drug-likeness (QED) is 0.914. The van der Waals surface area contributed by atoms with E-state index in [0.717, 1.165) is 11.1 Å². The fourth-order valence-corrected chi connectivity index (χ4v) is 2.28. The second kappa shape index (κ2) is 6.25. The zero-order chi connectivity index (χ0) is 14.7. The molecule has 0 saturated carbocycles. The Hall–Kier alpha value is -1.58. The highest BCUT2D eigenvalue weighted by atomic mass is 35.5. The topological polar surface area (TPSA) is 35.2 Å². The van der Waals surface area contributed by atoms with Crippen molar-refractivity contribution in [2.45, 2.75) is 26.0 Å². The van der Waals surface area contributed by atoms with Crippen LogP contribution in [0, 0.1) is 12.7 Å².